The maximum absolute atomic E-state index is 13.0. The van der Waals surface area contributed by atoms with Gasteiger partial charge in [0.2, 0.25) is 10.0 Å². The van der Waals surface area contributed by atoms with Crippen molar-refractivity contribution in [2.75, 3.05) is 24.9 Å². The Morgan fingerprint density at radius 1 is 1.07 bits per heavy atom. The van der Waals surface area contributed by atoms with Crippen LogP contribution in [-0.4, -0.2) is 51.5 Å². The van der Waals surface area contributed by atoms with E-state index in [-0.39, 0.29) is 21.2 Å². The third kappa shape index (κ3) is 4.25. The van der Waals surface area contributed by atoms with Crippen molar-refractivity contribution in [2.24, 2.45) is 0 Å². The lowest BCUT2D eigenvalue weighted by atomic mass is 10.2. The average Bonchev–Trinajstić information content (AvgIpc) is 3.05. The Hall–Kier alpha value is -2.11. The SMILES string of the molecule is COc1ccc(S(=O)(=O)N2CCCCCC2)cc1NS(=O)(=O)c1cn[nH]c1. The molecular formula is C16H22N4O5S2. The Balaban J connectivity index is 1.96. The van der Waals surface area contributed by atoms with E-state index >= 15 is 0 Å². The molecule has 11 heteroatoms. The number of aromatic nitrogens is 2. The van der Waals surface area contributed by atoms with Gasteiger partial charge in [-0.1, -0.05) is 12.8 Å². The molecule has 0 radical (unpaired) electrons. The number of nitrogens with zero attached hydrogens (tertiary/aromatic N) is 2. The second kappa shape index (κ2) is 7.87. The van der Waals surface area contributed by atoms with Crippen LogP contribution in [0.15, 0.2) is 40.4 Å². The molecule has 1 aromatic heterocycles. The van der Waals surface area contributed by atoms with Crippen molar-refractivity contribution in [1.82, 2.24) is 14.5 Å². The highest BCUT2D eigenvalue weighted by atomic mass is 32.2. The van der Waals surface area contributed by atoms with E-state index in [1.165, 1.54) is 35.8 Å². The molecule has 1 aromatic carbocycles. The first-order valence-electron chi connectivity index (χ1n) is 8.54. The van der Waals surface area contributed by atoms with Crippen LogP contribution in [0.5, 0.6) is 5.75 Å². The summed E-state index contributed by atoms with van der Waals surface area (Å²) in [5, 5.41) is 6.05. The molecule has 2 N–H and O–H groups in total. The number of hydrogen-bond donors (Lipinski definition) is 2. The molecule has 0 atom stereocenters. The number of methoxy groups -OCH3 is 1. The Morgan fingerprint density at radius 3 is 2.37 bits per heavy atom. The smallest absolute Gasteiger partial charge is 0.265 e. The highest BCUT2D eigenvalue weighted by Gasteiger charge is 2.27. The molecule has 148 valence electrons. The number of anilines is 1. The van der Waals surface area contributed by atoms with E-state index < -0.39 is 20.0 Å². The van der Waals surface area contributed by atoms with Gasteiger partial charge >= 0.3 is 0 Å². The summed E-state index contributed by atoms with van der Waals surface area (Å²) in [5.41, 5.74) is 0.0506. The van der Waals surface area contributed by atoms with E-state index in [4.69, 9.17) is 4.74 Å². The Labute approximate surface area is 158 Å². The lowest BCUT2D eigenvalue weighted by Crippen LogP contribution is -2.32. The number of rotatable bonds is 6. The Morgan fingerprint density at radius 2 is 1.78 bits per heavy atom. The standard InChI is InChI=1S/C16H22N4O5S2/c1-25-16-7-6-13(27(23,24)20-8-4-2-3-5-9-20)10-15(16)19-26(21,22)14-11-17-18-12-14/h6-7,10-12,19H,2-5,8-9H2,1H3,(H,17,18). The number of H-pyrrole nitrogens is 1. The second-order valence-electron chi connectivity index (χ2n) is 6.22. The predicted octanol–water partition coefficient (Wildman–Crippen LogP) is 1.78. The minimum atomic E-state index is -3.93. The maximum Gasteiger partial charge on any atom is 0.265 e. The van der Waals surface area contributed by atoms with Crippen LogP contribution in [0, 0.1) is 0 Å². The van der Waals surface area contributed by atoms with Gasteiger partial charge in [-0.3, -0.25) is 9.82 Å². The minimum absolute atomic E-state index is 0.0232. The van der Waals surface area contributed by atoms with Crippen LogP contribution in [-0.2, 0) is 20.0 Å². The first-order chi connectivity index (χ1) is 12.8. The van der Waals surface area contributed by atoms with Gasteiger partial charge in [0.15, 0.2) is 0 Å². The zero-order chi connectivity index (χ0) is 19.5. The predicted molar refractivity (Wildman–Crippen MR) is 99.6 cm³/mol. The van der Waals surface area contributed by atoms with Crippen LogP contribution >= 0.6 is 0 Å². The summed E-state index contributed by atoms with van der Waals surface area (Å²) in [7, 11) is -6.26. The molecule has 0 spiro atoms. The molecule has 2 heterocycles. The van der Waals surface area contributed by atoms with E-state index in [0.717, 1.165) is 31.9 Å². The van der Waals surface area contributed by atoms with E-state index in [9.17, 15) is 16.8 Å². The molecule has 1 aliphatic rings. The van der Waals surface area contributed by atoms with Gasteiger partial charge in [-0.05, 0) is 31.0 Å². The van der Waals surface area contributed by atoms with Crippen LogP contribution in [0.4, 0.5) is 5.69 Å². The van der Waals surface area contributed by atoms with Crippen LogP contribution in [0.25, 0.3) is 0 Å². The Kier molecular flexibility index (Phi) is 5.72. The van der Waals surface area contributed by atoms with Crippen LogP contribution in [0.3, 0.4) is 0 Å². The highest BCUT2D eigenvalue weighted by Crippen LogP contribution is 2.31. The van der Waals surface area contributed by atoms with Crippen molar-refractivity contribution in [3.05, 3.63) is 30.6 Å². The number of benzene rings is 1. The van der Waals surface area contributed by atoms with E-state index in [1.54, 1.807) is 0 Å². The molecule has 0 saturated carbocycles. The fourth-order valence-electron chi connectivity index (χ4n) is 2.95. The van der Waals surface area contributed by atoms with Crippen molar-refractivity contribution >= 4 is 25.7 Å². The van der Waals surface area contributed by atoms with Gasteiger partial charge in [-0.25, -0.2) is 16.8 Å². The molecule has 0 bridgehead atoms. The van der Waals surface area contributed by atoms with Crippen molar-refractivity contribution in [1.29, 1.82) is 0 Å². The van der Waals surface area contributed by atoms with Crippen molar-refractivity contribution in [2.45, 2.75) is 35.5 Å². The molecule has 9 nitrogen and oxygen atoms in total. The average molecular weight is 415 g/mol. The van der Waals surface area contributed by atoms with Crippen molar-refractivity contribution in [3.8, 4) is 5.75 Å². The second-order valence-corrected chi connectivity index (χ2v) is 9.84. The van der Waals surface area contributed by atoms with E-state index in [1.807, 2.05) is 0 Å². The summed E-state index contributed by atoms with van der Waals surface area (Å²) in [4.78, 5) is -0.0413. The molecule has 1 aliphatic heterocycles. The normalized spacial score (nSPS) is 16.6. The third-order valence-corrected chi connectivity index (χ3v) is 7.63. The van der Waals surface area contributed by atoms with Crippen LogP contribution < -0.4 is 9.46 Å². The number of sulfonamides is 2. The number of ether oxygens (including phenoxy) is 1. The van der Waals surface area contributed by atoms with Gasteiger partial charge in [-0.2, -0.15) is 9.40 Å². The lowest BCUT2D eigenvalue weighted by molar-refractivity contribution is 0.415. The van der Waals surface area contributed by atoms with Gasteiger partial charge in [0.25, 0.3) is 10.0 Å². The van der Waals surface area contributed by atoms with Gasteiger partial charge in [0.1, 0.15) is 10.6 Å². The summed E-state index contributed by atoms with van der Waals surface area (Å²) in [6.07, 6.45) is 6.03. The fraction of sp³-hybridized carbons (Fsp3) is 0.438. The zero-order valence-electron chi connectivity index (χ0n) is 14.9. The molecule has 0 amide bonds. The molecule has 2 aromatic rings. The van der Waals surface area contributed by atoms with Gasteiger partial charge in [0.05, 0.1) is 23.9 Å². The first-order valence-corrected chi connectivity index (χ1v) is 11.5. The van der Waals surface area contributed by atoms with Crippen molar-refractivity contribution in [3.63, 3.8) is 0 Å². The van der Waals surface area contributed by atoms with Crippen LogP contribution in [0.2, 0.25) is 0 Å². The number of aromatic amines is 1. The van der Waals surface area contributed by atoms with Crippen molar-refractivity contribution < 1.29 is 21.6 Å². The fourth-order valence-corrected chi connectivity index (χ4v) is 5.46. The monoisotopic (exact) mass is 414 g/mol. The molecule has 27 heavy (non-hydrogen) atoms. The molecule has 1 fully saturated rings. The topological polar surface area (TPSA) is 121 Å². The summed E-state index contributed by atoms with van der Waals surface area (Å²) in [5.74, 6) is 0.219. The molecule has 3 rings (SSSR count). The molecule has 0 aliphatic carbocycles. The molecule has 0 unspecified atom stereocenters. The summed E-state index contributed by atoms with van der Waals surface area (Å²) in [6.45, 7) is 0.925. The van der Waals surface area contributed by atoms with E-state index in [0.29, 0.717) is 13.1 Å². The largest absolute Gasteiger partial charge is 0.495 e. The Bertz CT molecular complexity index is 980. The van der Waals surface area contributed by atoms with E-state index in [2.05, 4.69) is 14.9 Å². The number of hydrogen-bond acceptors (Lipinski definition) is 6. The molecular weight excluding hydrogens is 392 g/mol. The zero-order valence-corrected chi connectivity index (χ0v) is 16.5. The summed E-state index contributed by atoms with van der Waals surface area (Å²) >= 11 is 0. The third-order valence-electron chi connectivity index (χ3n) is 4.40. The van der Waals surface area contributed by atoms with Gasteiger partial charge in [0, 0.05) is 19.3 Å². The summed E-state index contributed by atoms with van der Waals surface area (Å²) < 4.78 is 59.9. The van der Waals surface area contributed by atoms with Gasteiger partial charge in [-0.15, -0.1) is 0 Å². The number of nitrogens with one attached hydrogen (secondary N) is 2. The lowest BCUT2D eigenvalue weighted by Gasteiger charge is -2.21. The first kappa shape index (κ1) is 19.6. The highest BCUT2D eigenvalue weighted by molar-refractivity contribution is 7.92. The minimum Gasteiger partial charge on any atom is -0.495 e. The quantitative estimate of drug-likeness (QED) is 0.743. The van der Waals surface area contributed by atoms with Gasteiger partial charge < -0.3 is 4.74 Å². The summed E-state index contributed by atoms with van der Waals surface area (Å²) in [6, 6.07) is 4.16. The van der Waals surface area contributed by atoms with Crippen LogP contribution in [0.1, 0.15) is 25.7 Å². The maximum atomic E-state index is 13.0. The molecule has 1 saturated heterocycles.